The Balaban J connectivity index is 2.33. The summed E-state index contributed by atoms with van der Waals surface area (Å²) in [6, 6.07) is 0.228. The Hall–Kier alpha value is -0.570. The Morgan fingerprint density at radius 1 is 1.35 bits per heavy atom. The van der Waals surface area contributed by atoms with Crippen molar-refractivity contribution in [3.8, 4) is 0 Å². The molecule has 1 rings (SSSR count). The molecule has 0 aliphatic carbocycles. The molecule has 0 saturated carbocycles. The molecule has 1 saturated heterocycles. The minimum absolute atomic E-state index is 0.0668. The molecule has 1 heterocycles. The normalized spacial score (nSPS) is 23.8. The van der Waals surface area contributed by atoms with E-state index in [4.69, 9.17) is 5.73 Å². The van der Waals surface area contributed by atoms with E-state index >= 15 is 0 Å². The smallest absolute Gasteiger partial charge is 0.222 e. The molecule has 1 atom stereocenters. The van der Waals surface area contributed by atoms with Crippen LogP contribution in [0, 0.1) is 5.41 Å². The molecule has 1 unspecified atom stereocenters. The number of nitrogens with zero attached hydrogens (tertiary/aromatic N) is 1. The first-order valence-electron chi connectivity index (χ1n) is 7.00. The molecule has 1 fully saturated rings. The van der Waals surface area contributed by atoms with Crippen molar-refractivity contribution in [1.82, 2.24) is 4.90 Å². The van der Waals surface area contributed by atoms with Crippen LogP contribution < -0.4 is 5.73 Å². The average molecular weight is 240 g/mol. The Labute approximate surface area is 106 Å². The van der Waals surface area contributed by atoms with Gasteiger partial charge in [0.2, 0.25) is 5.91 Å². The van der Waals surface area contributed by atoms with E-state index in [1.807, 2.05) is 4.90 Å². The van der Waals surface area contributed by atoms with Crippen molar-refractivity contribution in [1.29, 1.82) is 0 Å². The monoisotopic (exact) mass is 240 g/mol. The molecule has 0 bridgehead atoms. The summed E-state index contributed by atoms with van der Waals surface area (Å²) in [5, 5.41) is 0. The van der Waals surface area contributed by atoms with E-state index in [9.17, 15) is 4.79 Å². The first-order chi connectivity index (χ1) is 7.97. The standard InChI is InChI=1S/C14H28N2O/c1-4-5-6-7-8-13(17)16-10-9-12(15)14(2,3)11-16/h12H,4-11,15H2,1-3H3. The number of hydrogen-bond acceptors (Lipinski definition) is 2. The van der Waals surface area contributed by atoms with Crippen LogP contribution in [0.5, 0.6) is 0 Å². The average Bonchev–Trinajstić information content (AvgIpc) is 2.28. The number of hydrogen-bond donors (Lipinski definition) is 1. The van der Waals surface area contributed by atoms with Crippen LogP contribution in [0.2, 0.25) is 0 Å². The topological polar surface area (TPSA) is 46.3 Å². The van der Waals surface area contributed by atoms with E-state index in [1.165, 1.54) is 19.3 Å². The van der Waals surface area contributed by atoms with Crippen LogP contribution in [0.3, 0.4) is 0 Å². The van der Waals surface area contributed by atoms with Crippen molar-refractivity contribution in [2.45, 2.75) is 65.3 Å². The molecule has 100 valence electrons. The van der Waals surface area contributed by atoms with Crippen molar-refractivity contribution in [2.24, 2.45) is 11.1 Å². The molecule has 2 N–H and O–H groups in total. The quantitative estimate of drug-likeness (QED) is 0.751. The Kier molecular flexibility index (Phi) is 5.44. The van der Waals surface area contributed by atoms with Crippen molar-refractivity contribution >= 4 is 5.91 Å². The van der Waals surface area contributed by atoms with Gasteiger partial charge in [0, 0.05) is 25.6 Å². The fraction of sp³-hybridized carbons (Fsp3) is 0.929. The van der Waals surface area contributed by atoms with Crippen LogP contribution in [0.25, 0.3) is 0 Å². The predicted molar refractivity (Wildman–Crippen MR) is 71.7 cm³/mol. The lowest BCUT2D eigenvalue weighted by molar-refractivity contribution is -0.134. The van der Waals surface area contributed by atoms with E-state index in [0.29, 0.717) is 12.3 Å². The molecular formula is C14H28N2O. The number of nitrogens with two attached hydrogens (primary N) is 1. The molecule has 1 aliphatic rings. The number of carbonyl (C=O) groups excluding carboxylic acids is 1. The third-order valence-electron chi connectivity index (χ3n) is 3.91. The van der Waals surface area contributed by atoms with Crippen molar-refractivity contribution in [2.75, 3.05) is 13.1 Å². The molecular weight excluding hydrogens is 212 g/mol. The van der Waals surface area contributed by atoms with E-state index in [0.717, 1.165) is 25.9 Å². The summed E-state index contributed by atoms with van der Waals surface area (Å²) in [7, 11) is 0. The zero-order valence-corrected chi connectivity index (χ0v) is 11.7. The maximum atomic E-state index is 12.0. The molecule has 3 nitrogen and oxygen atoms in total. The summed E-state index contributed by atoms with van der Waals surface area (Å²) in [6.45, 7) is 8.18. The van der Waals surface area contributed by atoms with Gasteiger partial charge in [0.1, 0.15) is 0 Å². The fourth-order valence-corrected chi connectivity index (χ4v) is 2.45. The van der Waals surface area contributed by atoms with Crippen LogP contribution in [0.4, 0.5) is 0 Å². The largest absolute Gasteiger partial charge is 0.342 e. The van der Waals surface area contributed by atoms with E-state index in [-0.39, 0.29) is 11.5 Å². The van der Waals surface area contributed by atoms with Gasteiger partial charge >= 0.3 is 0 Å². The number of carbonyl (C=O) groups is 1. The fourth-order valence-electron chi connectivity index (χ4n) is 2.45. The van der Waals surface area contributed by atoms with Gasteiger partial charge in [-0.15, -0.1) is 0 Å². The highest BCUT2D eigenvalue weighted by Crippen LogP contribution is 2.28. The number of piperidine rings is 1. The van der Waals surface area contributed by atoms with Gasteiger partial charge in [0.15, 0.2) is 0 Å². The highest BCUT2D eigenvalue weighted by molar-refractivity contribution is 5.76. The summed E-state index contributed by atoms with van der Waals surface area (Å²) in [6.07, 6.45) is 6.33. The molecule has 0 spiro atoms. The summed E-state index contributed by atoms with van der Waals surface area (Å²) in [4.78, 5) is 14.1. The number of likely N-dealkylation sites (tertiary alicyclic amines) is 1. The molecule has 1 aliphatic heterocycles. The van der Waals surface area contributed by atoms with Gasteiger partial charge in [0.05, 0.1) is 0 Å². The second kappa shape index (κ2) is 6.39. The molecule has 17 heavy (non-hydrogen) atoms. The third-order valence-corrected chi connectivity index (χ3v) is 3.91. The summed E-state index contributed by atoms with van der Waals surface area (Å²) in [5.41, 5.74) is 6.14. The third kappa shape index (κ3) is 4.30. The zero-order valence-electron chi connectivity index (χ0n) is 11.7. The van der Waals surface area contributed by atoms with Gasteiger partial charge in [-0.2, -0.15) is 0 Å². The van der Waals surface area contributed by atoms with Crippen LogP contribution in [-0.4, -0.2) is 29.9 Å². The highest BCUT2D eigenvalue weighted by atomic mass is 16.2. The summed E-state index contributed by atoms with van der Waals surface area (Å²) in [5.74, 6) is 0.320. The SMILES string of the molecule is CCCCCCC(=O)N1CCC(N)C(C)(C)C1. The van der Waals surface area contributed by atoms with Gasteiger partial charge in [-0.25, -0.2) is 0 Å². The van der Waals surface area contributed by atoms with Crippen LogP contribution in [-0.2, 0) is 4.79 Å². The predicted octanol–water partition coefficient (Wildman–Crippen LogP) is 2.54. The van der Waals surface area contributed by atoms with Crippen LogP contribution in [0.15, 0.2) is 0 Å². The second-order valence-corrected chi connectivity index (χ2v) is 6.01. The van der Waals surface area contributed by atoms with Crippen molar-refractivity contribution < 1.29 is 4.79 Å². The number of rotatable bonds is 5. The minimum Gasteiger partial charge on any atom is -0.342 e. The van der Waals surface area contributed by atoms with Gasteiger partial charge < -0.3 is 10.6 Å². The highest BCUT2D eigenvalue weighted by Gasteiger charge is 2.34. The maximum absolute atomic E-state index is 12.0. The van der Waals surface area contributed by atoms with Crippen molar-refractivity contribution in [3.63, 3.8) is 0 Å². The van der Waals surface area contributed by atoms with Gasteiger partial charge in [-0.05, 0) is 18.3 Å². The number of unbranched alkanes of at least 4 members (excludes halogenated alkanes) is 3. The Morgan fingerprint density at radius 3 is 2.65 bits per heavy atom. The lowest BCUT2D eigenvalue weighted by Gasteiger charge is -2.42. The summed E-state index contributed by atoms with van der Waals surface area (Å²) >= 11 is 0. The first kappa shape index (κ1) is 14.5. The summed E-state index contributed by atoms with van der Waals surface area (Å²) < 4.78 is 0. The van der Waals surface area contributed by atoms with Crippen LogP contribution in [0.1, 0.15) is 59.3 Å². The molecule has 0 aromatic carbocycles. The van der Waals surface area contributed by atoms with E-state index in [1.54, 1.807) is 0 Å². The number of amides is 1. The lowest BCUT2D eigenvalue weighted by Crippen LogP contribution is -2.53. The van der Waals surface area contributed by atoms with Gasteiger partial charge in [-0.1, -0.05) is 40.0 Å². The molecule has 3 heteroatoms. The second-order valence-electron chi connectivity index (χ2n) is 6.01. The van der Waals surface area contributed by atoms with Crippen LogP contribution >= 0.6 is 0 Å². The zero-order chi connectivity index (χ0) is 12.9. The molecule has 0 aromatic rings. The van der Waals surface area contributed by atoms with Crippen molar-refractivity contribution in [3.05, 3.63) is 0 Å². The molecule has 1 amide bonds. The van der Waals surface area contributed by atoms with E-state index in [2.05, 4.69) is 20.8 Å². The van der Waals surface area contributed by atoms with Gasteiger partial charge in [-0.3, -0.25) is 4.79 Å². The van der Waals surface area contributed by atoms with Gasteiger partial charge in [0.25, 0.3) is 0 Å². The Bertz CT molecular complexity index is 251. The molecule has 0 radical (unpaired) electrons. The Morgan fingerprint density at radius 2 is 2.06 bits per heavy atom. The first-order valence-corrected chi connectivity index (χ1v) is 7.00. The van der Waals surface area contributed by atoms with E-state index < -0.39 is 0 Å². The molecule has 0 aromatic heterocycles. The minimum atomic E-state index is 0.0668. The lowest BCUT2D eigenvalue weighted by atomic mass is 9.79. The maximum Gasteiger partial charge on any atom is 0.222 e.